The van der Waals surface area contributed by atoms with Crippen LogP contribution in [0.15, 0.2) is 29.2 Å². The fourth-order valence-electron chi connectivity index (χ4n) is 2.62. The van der Waals surface area contributed by atoms with Gasteiger partial charge >= 0.3 is 0 Å². The molecule has 0 aliphatic carbocycles. The Kier molecular flexibility index (Phi) is 3.02. The Bertz CT molecular complexity index is 773. The van der Waals surface area contributed by atoms with Crippen molar-refractivity contribution in [3.05, 3.63) is 30.0 Å². The molecule has 6 nitrogen and oxygen atoms in total. The van der Waals surface area contributed by atoms with Crippen molar-refractivity contribution in [3.63, 3.8) is 0 Å². The molecule has 2 aromatic rings. The molecule has 3 N–H and O–H groups in total. The second-order valence-corrected chi connectivity index (χ2v) is 6.72. The molecule has 1 fully saturated rings. The highest BCUT2D eigenvalue weighted by Gasteiger charge is 2.33. The maximum Gasteiger partial charge on any atom is 0.266 e. The lowest BCUT2D eigenvalue weighted by atomic mass is 10.2. The Hall–Kier alpha value is -1.86. The van der Waals surface area contributed by atoms with E-state index in [2.05, 4.69) is 4.98 Å². The third-order valence-electron chi connectivity index (χ3n) is 3.57. The van der Waals surface area contributed by atoms with Crippen LogP contribution in [0.3, 0.4) is 0 Å². The molecule has 1 amide bonds. The maximum atomic E-state index is 12.7. The number of carbonyl (C=O) groups is 1. The van der Waals surface area contributed by atoms with Crippen LogP contribution in [-0.4, -0.2) is 36.7 Å². The van der Waals surface area contributed by atoms with E-state index in [-0.39, 0.29) is 10.6 Å². The summed E-state index contributed by atoms with van der Waals surface area (Å²) in [7, 11) is -3.70. The minimum atomic E-state index is -3.70. The topological polar surface area (TPSA) is 96.3 Å². The molecule has 0 radical (unpaired) electrons. The Balaban J connectivity index is 2.28. The van der Waals surface area contributed by atoms with Crippen molar-refractivity contribution >= 4 is 26.8 Å². The first-order valence-electron chi connectivity index (χ1n) is 6.42. The summed E-state index contributed by atoms with van der Waals surface area (Å²) in [6, 6.07) is 6.92. The van der Waals surface area contributed by atoms with Crippen molar-refractivity contribution in [1.82, 2.24) is 9.29 Å². The van der Waals surface area contributed by atoms with Gasteiger partial charge in [0.15, 0.2) is 0 Å². The van der Waals surface area contributed by atoms with Crippen molar-refractivity contribution in [3.8, 4) is 0 Å². The van der Waals surface area contributed by atoms with Gasteiger partial charge in [0, 0.05) is 24.0 Å². The third-order valence-corrected chi connectivity index (χ3v) is 5.55. The number of aromatic nitrogens is 1. The highest BCUT2D eigenvalue weighted by molar-refractivity contribution is 7.89. The fraction of sp³-hybridized carbons (Fsp3) is 0.308. The first-order chi connectivity index (χ1) is 9.51. The van der Waals surface area contributed by atoms with Crippen LogP contribution in [0.1, 0.15) is 23.3 Å². The van der Waals surface area contributed by atoms with Gasteiger partial charge in [-0.15, -0.1) is 0 Å². The number of aromatic amines is 1. The van der Waals surface area contributed by atoms with E-state index >= 15 is 0 Å². The first-order valence-corrected chi connectivity index (χ1v) is 7.86. The second-order valence-electron chi connectivity index (χ2n) is 4.85. The molecular weight excluding hydrogens is 278 g/mol. The molecule has 1 aromatic carbocycles. The SMILES string of the molecule is NC(=O)c1[nH]c2ccccc2c1S(=O)(=O)N1CCCC1. The minimum Gasteiger partial charge on any atom is -0.364 e. The summed E-state index contributed by atoms with van der Waals surface area (Å²) in [6.45, 7) is 0.972. The number of H-pyrrole nitrogens is 1. The van der Waals surface area contributed by atoms with Gasteiger partial charge in [-0.3, -0.25) is 4.79 Å². The van der Waals surface area contributed by atoms with Gasteiger partial charge in [0.05, 0.1) is 0 Å². The van der Waals surface area contributed by atoms with Crippen LogP contribution in [0.2, 0.25) is 0 Å². The van der Waals surface area contributed by atoms with Gasteiger partial charge in [-0.2, -0.15) is 4.31 Å². The van der Waals surface area contributed by atoms with Gasteiger partial charge in [-0.25, -0.2) is 8.42 Å². The Labute approximate surface area is 116 Å². The molecule has 3 rings (SSSR count). The van der Waals surface area contributed by atoms with E-state index in [1.54, 1.807) is 24.3 Å². The number of sulfonamides is 1. The quantitative estimate of drug-likeness (QED) is 0.885. The molecule has 1 aromatic heterocycles. The van der Waals surface area contributed by atoms with E-state index in [9.17, 15) is 13.2 Å². The van der Waals surface area contributed by atoms with Crippen LogP contribution in [0.25, 0.3) is 10.9 Å². The summed E-state index contributed by atoms with van der Waals surface area (Å²) >= 11 is 0. The van der Waals surface area contributed by atoms with Gasteiger partial charge in [-0.05, 0) is 18.9 Å². The lowest BCUT2D eigenvalue weighted by Crippen LogP contribution is -2.29. The van der Waals surface area contributed by atoms with E-state index in [0.29, 0.717) is 24.0 Å². The van der Waals surface area contributed by atoms with Crippen LogP contribution >= 0.6 is 0 Å². The molecule has 1 aliphatic rings. The van der Waals surface area contributed by atoms with Crippen LogP contribution in [0, 0.1) is 0 Å². The fourth-order valence-corrected chi connectivity index (χ4v) is 4.48. The van der Waals surface area contributed by atoms with E-state index < -0.39 is 15.9 Å². The van der Waals surface area contributed by atoms with Crippen LogP contribution < -0.4 is 5.73 Å². The van der Waals surface area contributed by atoms with Crippen LogP contribution in [-0.2, 0) is 10.0 Å². The molecular formula is C13H15N3O3S. The molecule has 0 atom stereocenters. The number of amides is 1. The van der Waals surface area contributed by atoms with Crippen molar-refractivity contribution in [1.29, 1.82) is 0 Å². The van der Waals surface area contributed by atoms with Gasteiger partial charge < -0.3 is 10.7 Å². The van der Waals surface area contributed by atoms with E-state index in [1.807, 2.05) is 0 Å². The van der Waals surface area contributed by atoms with Gasteiger partial charge in [-0.1, -0.05) is 18.2 Å². The summed E-state index contributed by atoms with van der Waals surface area (Å²) in [5, 5.41) is 0.508. The monoisotopic (exact) mass is 293 g/mol. The molecule has 1 aliphatic heterocycles. The number of carbonyl (C=O) groups excluding carboxylic acids is 1. The molecule has 1 saturated heterocycles. The number of rotatable bonds is 3. The van der Waals surface area contributed by atoms with E-state index in [0.717, 1.165) is 12.8 Å². The number of nitrogens with two attached hydrogens (primary N) is 1. The zero-order chi connectivity index (χ0) is 14.3. The molecule has 0 bridgehead atoms. The highest BCUT2D eigenvalue weighted by atomic mass is 32.2. The summed E-state index contributed by atoms with van der Waals surface area (Å²) in [5.74, 6) is -0.765. The second kappa shape index (κ2) is 4.60. The summed E-state index contributed by atoms with van der Waals surface area (Å²) in [6.07, 6.45) is 1.68. The molecule has 0 unspecified atom stereocenters. The standard InChI is InChI=1S/C13H15N3O3S/c14-13(17)11-12(9-5-1-2-6-10(9)15-11)20(18,19)16-7-3-4-8-16/h1-2,5-6,15H,3-4,7-8H2,(H2,14,17). The number of para-hydroxylation sites is 1. The lowest BCUT2D eigenvalue weighted by Gasteiger charge is -2.15. The predicted molar refractivity (Wildman–Crippen MR) is 74.8 cm³/mol. The van der Waals surface area contributed by atoms with Crippen molar-refractivity contribution in [2.75, 3.05) is 13.1 Å². The van der Waals surface area contributed by atoms with Crippen molar-refractivity contribution in [2.24, 2.45) is 5.73 Å². The number of hydrogen-bond donors (Lipinski definition) is 2. The lowest BCUT2D eigenvalue weighted by molar-refractivity contribution is 0.0993. The number of nitrogens with zero attached hydrogens (tertiary/aromatic N) is 1. The predicted octanol–water partition coefficient (Wildman–Crippen LogP) is 1.05. The normalized spacial score (nSPS) is 16.8. The molecule has 2 heterocycles. The Morgan fingerprint density at radius 1 is 1.20 bits per heavy atom. The molecule has 106 valence electrons. The number of hydrogen-bond acceptors (Lipinski definition) is 3. The summed E-state index contributed by atoms with van der Waals surface area (Å²) in [4.78, 5) is 14.4. The maximum absolute atomic E-state index is 12.7. The number of primary amides is 1. The largest absolute Gasteiger partial charge is 0.364 e. The van der Waals surface area contributed by atoms with E-state index in [1.165, 1.54) is 4.31 Å². The first kappa shape index (κ1) is 13.1. The highest BCUT2D eigenvalue weighted by Crippen LogP contribution is 2.30. The Morgan fingerprint density at radius 2 is 1.85 bits per heavy atom. The zero-order valence-corrected chi connectivity index (χ0v) is 11.6. The van der Waals surface area contributed by atoms with Crippen LogP contribution in [0.5, 0.6) is 0 Å². The van der Waals surface area contributed by atoms with Crippen LogP contribution in [0.4, 0.5) is 0 Å². The number of fused-ring (bicyclic) bond motifs is 1. The summed E-state index contributed by atoms with van der Waals surface area (Å²) < 4.78 is 26.9. The molecule has 20 heavy (non-hydrogen) atoms. The van der Waals surface area contributed by atoms with E-state index in [4.69, 9.17) is 5.73 Å². The van der Waals surface area contributed by atoms with Gasteiger partial charge in [0.2, 0.25) is 10.0 Å². The van der Waals surface area contributed by atoms with Crippen molar-refractivity contribution in [2.45, 2.75) is 17.7 Å². The third kappa shape index (κ3) is 1.90. The molecule has 0 saturated carbocycles. The summed E-state index contributed by atoms with van der Waals surface area (Å²) in [5.41, 5.74) is 5.87. The number of nitrogens with one attached hydrogen (secondary N) is 1. The molecule has 7 heteroatoms. The zero-order valence-electron chi connectivity index (χ0n) is 10.8. The van der Waals surface area contributed by atoms with Gasteiger partial charge in [0.25, 0.3) is 5.91 Å². The average molecular weight is 293 g/mol. The average Bonchev–Trinajstić information content (AvgIpc) is 3.06. The number of benzene rings is 1. The van der Waals surface area contributed by atoms with Gasteiger partial charge in [0.1, 0.15) is 10.6 Å². The molecule has 0 spiro atoms. The Morgan fingerprint density at radius 3 is 2.50 bits per heavy atom. The van der Waals surface area contributed by atoms with Crippen molar-refractivity contribution < 1.29 is 13.2 Å². The smallest absolute Gasteiger partial charge is 0.266 e. The minimum absolute atomic E-state index is 0.00231.